The number of carboxylic acid groups (broad SMARTS) is 1. The molecule has 192 valence electrons. The van der Waals surface area contributed by atoms with Crippen molar-refractivity contribution in [2.75, 3.05) is 25.5 Å². The van der Waals surface area contributed by atoms with Crippen molar-refractivity contribution in [1.29, 1.82) is 0 Å². The fraction of sp³-hybridized carbons (Fsp3) is 0.407. The summed E-state index contributed by atoms with van der Waals surface area (Å²) in [5.41, 5.74) is 9.89. The Morgan fingerprint density at radius 3 is 2.26 bits per heavy atom. The zero-order valence-electron chi connectivity index (χ0n) is 21.7. The van der Waals surface area contributed by atoms with Crippen molar-refractivity contribution in [2.45, 2.75) is 53.2 Å². The number of aromatic carboxylic acids is 1. The maximum atomic E-state index is 11.1. The van der Waals surface area contributed by atoms with Crippen LogP contribution in [0.5, 0.6) is 0 Å². The summed E-state index contributed by atoms with van der Waals surface area (Å²) < 4.78 is 0. The molecule has 5 N–H and O–H groups in total. The van der Waals surface area contributed by atoms with Gasteiger partial charge in [0.1, 0.15) is 0 Å². The van der Waals surface area contributed by atoms with Gasteiger partial charge in [-0.2, -0.15) is 0 Å². The number of aryl methyl sites for hydroxylation is 1. The molecule has 1 heterocycles. The third kappa shape index (κ3) is 10.2. The van der Waals surface area contributed by atoms with Gasteiger partial charge in [-0.3, -0.25) is 4.79 Å². The zero-order valence-corrected chi connectivity index (χ0v) is 21.7. The van der Waals surface area contributed by atoms with Gasteiger partial charge in [-0.05, 0) is 48.7 Å². The number of nitrogens with one attached hydrogen (secondary N) is 2. The SMILES string of the molecule is C=C(CNc1cc(C(=O)O)ccc1C)N(C)N1Cc2ccccc2C1.CCCNC(C)C.NC=O. The van der Waals surface area contributed by atoms with Gasteiger partial charge in [0.25, 0.3) is 0 Å². The van der Waals surface area contributed by atoms with E-state index in [1.165, 1.54) is 17.5 Å². The molecule has 8 nitrogen and oxygen atoms in total. The predicted octanol–water partition coefficient (Wildman–Crippen LogP) is 3.98. The van der Waals surface area contributed by atoms with Crippen molar-refractivity contribution < 1.29 is 14.7 Å². The van der Waals surface area contributed by atoms with E-state index in [9.17, 15) is 4.79 Å². The first-order valence-electron chi connectivity index (χ1n) is 11.8. The predicted molar refractivity (Wildman–Crippen MR) is 143 cm³/mol. The molecule has 0 bridgehead atoms. The second-order valence-corrected chi connectivity index (χ2v) is 8.61. The van der Waals surface area contributed by atoms with Crippen molar-refractivity contribution in [2.24, 2.45) is 5.73 Å². The van der Waals surface area contributed by atoms with Crippen LogP contribution in [0.2, 0.25) is 0 Å². The van der Waals surface area contributed by atoms with E-state index < -0.39 is 5.97 Å². The minimum Gasteiger partial charge on any atom is -0.478 e. The van der Waals surface area contributed by atoms with Crippen LogP contribution in [0.3, 0.4) is 0 Å². The average Bonchev–Trinajstić information content (AvgIpc) is 3.26. The lowest BCUT2D eigenvalue weighted by molar-refractivity contribution is -0.106. The van der Waals surface area contributed by atoms with Gasteiger partial charge in [0.2, 0.25) is 6.41 Å². The molecule has 0 spiro atoms. The van der Waals surface area contributed by atoms with Gasteiger partial charge in [-0.25, -0.2) is 9.80 Å². The number of nitrogens with zero attached hydrogens (tertiary/aromatic N) is 2. The summed E-state index contributed by atoms with van der Waals surface area (Å²) in [6.45, 7) is 16.1. The van der Waals surface area contributed by atoms with Crippen LogP contribution in [0.25, 0.3) is 0 Å². The fourth-order valence-electron chi connectivity index (χ4n) is 3.42. The normalized spacial score (nSPS) is 11.9. The van der Waals surface area contributed by atoms with Crippen LogP contribution in [0.4, 0.5) is 5.69 Å². The van der Waals surface area contributed by atoms with Crippen LogP contribution in [-0.4, -0.2) is 53.7 Å². The van der Waals surface area contributed by atoms with E-state index in [4.69, 9.17) is 9.90 Å². The summed E-state index contributed by atoms with van der Waals surface area (Å²) in [4.78, 5) is 19.7. The van der Waals surface area contributed by atoms with Crippen molar-refractivity contribution in [3.63, 3.8) is 0 Å². The second kappa shape index (κ2) is 15.5. The minimum absolute atomic E-state index is 0.250. The number of carbonyl (C=O) groups is 2. The van der Waals surface area contributed by atoms with Gasteiger partial charge in [0, 0.05) is 37.6 Å². The van der Waals surface area contributed by atoms with Gasteiger partial charge < -0.3 is 26.5 Å². The molecule has 2 aromatic rings. The number of hydrogen-bond donors (Lipinski definition) is 4. The Kier molecular flexibility index (Phi) is 13.2. The molecule has 0 unspecified atom stereocenters. The summed E-state index contributed by atoms with van der Waals surface area (Å²) in [6, 6.07) is 14.2. The van der Waals surface area contributed by atoms with Crippen molar-refractivity contribution in [3.8, 4) is 0 Å². The molecule has 0 aromatic heterocycles. The summed E-state index contributed by atoms with van der Waals surface area (Å²) in [7, 11) is 2.01. The molecule has 1 aliphatic rings. The van der Waals surface area contributed by atoms with Crippen molar-refractivity contribution >= 4 is 18.1 Å². The average molecular weight is 484 g/mol. The highest BCUT2D eigenvalue weighted by atomic mass is 16.4. The molecule has 0 saturated heterocycles. The molecule has 0 saturated carbocycles. The van der Waals surface area contributed by atoms with E-state index in [2.05, 4.69) is 78.0 Å². The lowest BCUT2D eigenvalue weighted by Crippen LogP contribution is -2.36. The van der Waals surface area contributed by atoms with Gasteiger partial charge in [-0.1, -0.05) is 57.7 Å². The van der Waals surface area contributed by atoms with Gasteiger partial charge in [0.05, 0.1) is 12.1 Å². The molecular weight excluding hydrogens is 442 g/mol. The number of anilines is 1. The molecule has 35 heavy (non-hydrogen) atoms. The van der Waals surface area contributed by atoms with Crippen molar-refractivity contribution in [3.05, 3.63) is 77.0 Å². The molecule has 1 aliphatic heterocycles. The standard InChI is InChI=1S/C20H23N3O2.C6H15N.CH3NO/c1-14-8-9-16(20(24)25)10-19(14)21-11-15(2)22(3)23-12-17-6-4-5-7-18(17)13-23;1-4-5-7-6(2)3;2-1-3/h4-10,21H,2,11-13H2,1,3H3,(H,24,25);6-7H,4-5H2,1-3H3;1H,(H2,2,3). The highest BCUT2D eigenvalue weighted by Gasteiger charge is 2.22. The Balaban J connectivity index is 0.000000521. The first-order valence-corrected chi connectivity index (χ1v) is 11.8. The molecule has 0 atom stereocenters. The molecule has 8 heteroatoms. The number of carbonyl (C=O) groups excluding carboxylic acids is 1. The van der Waals surface area contributed by atoms with E-state index in [-0.39, 0.29) is 12.0 Å². The highest BCUT2D eigenvalue weighted by molar-refractivity contribution is 5.89. The molecule has 1 amide bonds. The Labute approximate surface area is 209 Å². The number of hydrogen-bond acceptors (Lipinski definition) is 6. The molecule has 2 aromatic carbocycles. The zero-order chi connectivity index (χ0) is 26.4. The summed E-state index contributed by atoms with van der Waals surface area (Å²) in [6.07, 6.45) is 1.48. The smallest absolute Gasteiger partial charge is 0.335 e. The van der Waals surface area contributed by atoms with E-state index in [1.807, 2.05) is 20.0 Å². The number of rotatable bonds is 9. The number of benzene rings is 2. The molecule has 0 fully saturated rings. The number of fused-ring (bicyclic) bond motifs is 1. The fourth-order valence-corrected chi connectivity index (χ4v) is 3.42. The third-order valence-corrected chi connectivity index (χ3v) is 5.48. The van der Waals surface area contributed by atoms with E-state index >= 15 is 0 Å². The van der Waals surface area contributed by atoms with Crippen LogP contribution in [0.15, 0.2) is 54.7 Å². The van der Waals surface area contributed by atoms with Gasteiger partial charge in [-0.15, -0.1) is 0 Å². The summed E-state index contributed by atoms with van der Waals surface area (Å²) in [5, 5.41) is 20.1. The Bertz CT molecular complexity index is 937. The first kappa shape index (κ1) is 29.7. The van der Waals surface area contributed by atoms with Crippen LogP contribution >= 0.6 is 0 Å². The number of nitrogens with two attached hydrogens (primary N) is 1. The second-order valence-electron chi connectivity index (χ2n) is 8.61. The lowest BCUT2D eigenvalue weighted by atomic mass is 10.1. The Morgan fingerprint density at radius 1 is 1.23 bits per heavy atom. The molecular formula is C27H41N5O3. The maximum absolute atomic E-state index is 11.1. The quantitative estimate of drug-likeness (QED) is 0.399. The largest absolute Gasteiger partial charge is 0.478 e. The van der Waals surface area contributed by atoms with E-state index in [1.54, 1.807) is 12.1 Å². The molecule has 0 aliphatic carbocycles. The molecule has 3 rings (SSSR count). The Hall–Kier alpha value is -3.36. The number of likely N-dealkylation sites (N-methyl/N-ethyl adjacent to an activating group) is 1. The third-order valence-electron chi connectivity index (χ3n) is 5.48. The lowest BCUT2D eigenvalue weighted by Gasteiger charge is -2.31. The number of hydrazine groups is 1. The van der Waals surface area contributed by atoms with Gasteiger partial charge >= 0.3 is 5.97 Å². The Morgan fingerprint density at radius 2 is 1.80 bits per heavy atom. The van der Waals surface area contributed by atoms with Crippen LogP contribution < -0.4 is 16.4 Å². The van der Waals surface area contributed by atoms with E-state index in [0.717, 1.165) is 36.6 Å². The van der Waals surface area contributed by atoms with E-state index in [0.29, 0.717) is 12.6 Å². The number of amides is 1. The topological polar surface area (TPSA) is 111 Å². The number of primary amides is 1. The maximum Gasteiger partial charge on any atom is 0.335 e. The van der Waals surface area contributed by atoms with Gasteiger partial charge in [0.15, 0.2) is 0 Å². The number of carboxylic acids is 1. The van der Waals surface area contributed by atoms with Crippen LogP contribution in [-0.2, 0) is 17.9 Å². The first-order chi connectivity index (χ1) is 16.6. The highest BCUT2D eigenvalue weighted by Crippen LogP contribution is 2.25. The summed E-state index contributed by atoms with van der Waals surface area (Å²) >= 11 is 0. The van der Waals surface area contributed by atoms with Crippen LogP contribution in [0, 0.1) is 6.92 Å². The summed E-state index contributed by atoms with van der Waals surface area (Å²) in [5.74, 6) is -0.922. The minimum atomic E-state index is -0.922. The molecule has 0 radical (unpaired) electrons. The van der Waals surface area contributed by atoms with Crippen molar-refractivity contribution in [1.82, 2.24) is 15.3 Å². The monoisotopic (exact) mass is 483 g/mol. The van der Waals surface area contributed by atoms with Crippen LogP contribution in [0.1, 0.15) is 54.2 Å².